The number of rotatable bonds is 7. The van der Waals surface area contributed by atoms with Crippen molar-refractivity contribution in [1.29, 1.82) is 0 Å². The summed E-state index contributed by atoms with van der Waals surface area (Å²) < 4.78 is 5.66. The van der Waals surface area contributed by atoms with Gasteiger partial charge in [-0.3, -0.25) is 9.89 Å². The Bertz CT molecular complexity index is 681. The number of hydrogen-bond acceptors (Lipinski definition) is 5. The van der Waals surface area contributed by atoms with Gasteiger partial charge in [0.25, 0.3) is 0 Å². The largest absolute Gasteiger partial charge is 0.486 e. The van der Waals surface area contributed by atoms with E-state index in [1.807, 2.05) is 31.2 Å². The average Bonchev–Trinajstić information content (AvgIpc) is 3.08. The molecule has 1 amide bonds. The van der Waals surface area contributed by atoms with E-state index in [9.17, 15) is 4.79 Å². The minimum atomic E-state index is 0.0548. The topological polar surface area (TPSA) is 79.9 Å². The standard InChI is InChI=1S/C18H24N4O2S/c1-13-7-9-15(10-8-13)24-11-16-20-18(22-21-16)25-12-17(23)19-14-5-3-2-4-6-14/h7-10,14H,2-6,11-12H2,1H3,(H,19,23)(H,20,21,22). The molecule has 3 rings (SSSR count). The van der Waals surface area contributed by atoms with Crippen LogP contribution in [0.15, 0.2) is 29.4 Å². The second kappa shape index (κ2) is 8.89. The Kier molecular flexibility index (Phi) is 6.33. The van der Waals surface area contributed by atoms with Crippen LogP contribution in [0.3, 0.4) is 0 Å². The molecule has 25 heavy (non-hydrogen) atoms. The van der Waals surface area contributed by atoms with Crippen LogP contribution in [0.25, 0.3) is 0 Å². The molecule has 1 aliphatic rings. The summed E-state index contributed by atoms with van der Waals surface area (Å²) in [5, 5.41) is 10.6. The Morgan fingerprint density at radius 2 is 2.04 bits per heavy atom. The van der Waals surface area contributed by atoms with Gasteiger partial charge < -0.3 is 10.1 Å². The summed E-state index contributed by atoms with van der Waals surface area (Å²) in [4.78, 5) is 16.4. The Morgan fingerprint density at radius 1 is 1.28 bits per heavy atom. The third kappa shape index (κ3) is 5.77. The Morgan fingerprint density at radius 3 is 2.80 bits per heavy atom. The van der Waals surface area contributed by atoms with Crippen LogP contribution < -0.4 is 10.1 Å². The number of nitrogens with zero attached hydrogens (tertiary/aromatic N) is 2. The summed E-state index contributed by atoms with van der Waals surface area (Å²) in [5.41, 5.74) is 1.19. The van der Waals surface area contributed by atoms with Gasteiger partial charge in [-0.1, -0.05) is 48.7 Å². The fourth-order valence-corrected chi connectivity index (χ4v) is 3.47. The van der Waals surface area contributed by atoms with E-state index in [4.69, 9.17) is 4.74 Å². The van der Waals surface area contributed by atoms with Crippen molar-refractivity contribution in [2.24, 2.45) is 0 Å². The van der Waals surface area contributed by atoms with Crippen molar-refractivity contribution in [3.8, 4) is 5.75 Å². The first kappa shape index (κ1) is 17.8. The molecule has 2 aromatic rings. The van der Waals surface area contributed by atoms with E-state index in [0.29, 0.717) is 29.4 Å². The molecule has 1 heterocycles. The number of aromatic amines is 1. The van der Waals surface area contributed by atoms with Gasteiger partial charge in [-0.05, 0) is 31.9 Å². The zero-order valence-electron chi connectivity index (χ0n) is 14.5. The average molecular weight is 360 g/mol. The molecule has 2 N–H and O–H groups in total. The van der Waals surface area contributed by atoms with Crippen molar-refractivity contribution < 1.29 is 9.53 Å². The molecule has 7 heteroatoms. The summed E-state index contributed by atoms with van der Waals surface area (Å²) in [6.07, 6.45) is 5.90. The van der Waals surface area contributed by atoms with Gasteiger partial charge in [-0.25, -0.2) is 4.98 Å². The maximum absolute atomic E-state index is 12.0. The SMILES string of the molecule is Cc1ccc(OCc2nc(SCC(=O)NC3CCCCC3)n[nH]2)cc1. The monoisotopic (exact) mass is 360 g/mol. The molecule has 0 spiro atoms. The van der Waals surface area contributed by atoms with Crippen molar-refractivity contribution in [3.05, 3.63) is 35.7 Å². The van der Waals surface area contributed by atoms with Gasteiger partial charge in [0.1, 0.15) is 12.4 Å². The van der Waals surface area contributed by atoms with E-state index >= 15 is 0 Å². The lowest BCUT2D eigenvalue weighted by Crippen LogP contribution is -2.37. The van der Waals surface area contributed by atoms with Gasteiger partial charge in [0.15, 0.2) is 5.82 Å². The molecule has 0 atom stereocenters. The first-order valence-electron chi connectivity index (χ1n) is 8.72. The lowest BCUT2D eigenvalue weighted by molar-refractivity contribution is -0.119. The number of H-pyrrole nitrogens is 1. The Hall–Kier alpha value is -2.02. The van der Waals surface area contributed by atoms with Crippen molar-refractivity contribution in [3.63, 3.8) is 0 Å². The molecule has 1 fully saturated rings. The highest BCUT2D eigenvalue weighted by Gasteiger charge is 2.16. The number of ether oxygens (including phenoxy) is 1. The van der Waals surface area contributed by atoms with Crippen LogP contribution in [-0.4, -0.2) is 32.9 Å². The summed E-state index contributed by atoms with van der Waals surface area (Å²) >= 11 is 1.34. The smallest absolute Gasteiger partial charge is 0.230 e. The molecule has 0 unspecified atom stereocenters. The summed E-state index contributed by atoms with van der Waals surface area (Å²) in [6, 6.07) is 8.20. The summed E-state index contributed by atoms with van der Waals surface area (Å²) in [5.74, 6) is 1.84. The van der Waals surface area contributed by atoms with Crippen LogP contribution in [-0.2, 0) is 11.4 Å². The normalized spacial score (nSPS) is 15.1. The zero-order chi connectivity index (χ0) is 17.5. The first-order chi connectivity index (χ1) is 12.2. The number of amides is 1. The molecule has 0 bridgehead atoms. The molecular formula is C18H24N4O2S. The number of thioether (sulfide) groups is 1. The van der Waals surface area contributed by atoms with Crippen molar-refractivity contribution in [2.45, 2.75) is 56.8 Å². The molecule has 1 aliphatic carbocycles. The molecule has 0 radical (unpaired) electrons. The summed E-state index contributed by atoms with van der Waals surface area (Å²) in [7, 11) is 0. The van der Waals surface area contributed by atoms with Gasteiger partial charge >= 0.3 is 0 Å². The van der Waals surface area contributed by atoms with E-state index in [-0.39, 0.29) is 5.91 Å². The van der Waals surface area contributed by atoms with E-state index in [2.05, 4.69) is 20.5 Å². The van der Waals surface area contributed by atoms with Crippen molar-refractivity contribution >= 4 is 17.7 Å². The van der Waals surface area contributed by atoms with Gasteiger partial charge in [-0.15, -0.1) is 5.10 Å². The molecule has 134 valence electrons. The van der Waals surface area contributed by atoms with Crippen LogP contribution in [0.5, 0.6) is 5.75 Å². The fraction of sp³-hybridized carbons (Fsp3) is 0.500. The Balaban J connectivity index is 1.40. The van der Waals surface area contributed by atoms with Crippen LogP contribution in [0.1, 0.15) is 43.5 Å². The van der Waals surface area contributed by atoms with Gasteiger partial charge in [-0.2, -0.15) is 0 Å². The molecule has 6 nitrogen and oxygen atoms in total. The number of carbonyl (C=O) groups excluding carboxylic acids is 1. The molecule has 0 aliphatic heterocycles. The molecule has 0 saturated heterocycles. The maximum Gasteiger partial charge on any atom is 0.230 e. The Labute approximate surface area is 152 Å². The predicted octanol–water partition coefficient (Wildman–Crippen LogP) is 3.23. The van der Waals surface area contributed by atoms with E-state index < -0.39 is 0 Å². The van der Waals surface area contributed by atoms with E-state index in [0.717, 1.165) is 18.6 Å². The fourth-order valence-electron chi connectivity index (χ4n) is 2.84. The van der Waals surface area contributed by atoms with Crippen LogP contribution in [0, 0.1) is 6.92 Å². The number of carbonyl (C=O) groups is 1. The zero-order valence-corrected chi connectivity index (χ0v) is 15.3. The van der Waals surface area contributed by atoms with Gasteiger partial charge in [0.2, 0.25) is 11.1 Å². The first-order valence-corrected chi connectivity index (χ1v) is 9.70. The number of aromatic nitrogens is 3. The highest BCUT2D eigenvalue weighted by molar-refractivity contribution is 7.99. The minimum Gasteiger partial charge on any atom is -0.486 e. The maximum atomic E-state index is 12.0. The molecule has 1 aromatic heterocycles. The molecular weight excluding hydrogens is 336 g/mol. The highest BCUT2D eigenvalue weighted by Crippen LogP contribution is 2.18. The third-order valence-corrected chi connectivity index (χ3v) is 5.06. The number of nitrogens with one attached hydrogen (secondary N) is 2. The van der Waals surface area contributed by atoms with Gasteiger partial charge in [0.05, 0.1) is 5.75 Å². The molecule has 1 aromatic carbocycles. The van der Waals surface area contributed by atoms with Crippen LogP contribution >= 0.6 is 11.8 Å². The lowest BCUT2D eigenvalue weighted by atomic mass is 9.95. The number of aryl methyl sites for hydroxylation is 1. The van der Waals surface area contributed by atoms with Crippen LogP contribution in [0.4, 0.5) is 0 Å². The second-order valence-corrected chi connectivity index (χ2v) is 7.30. The van der Waals surface area contributed by atoms with Crippen molar-refractivity contribution in [2.75, 3.05) is 5.75 Å². The molecule has 1 saturated carbocycles. The number of benzene rings is 1. The highest BCUT2D eigenvalue weighted by atomic mass is 32.2. The van der Waals surface area contributed by atoms with E-state index in [1.54, 1.807) is 0 Å². The quantitative estimate of drug-likeness (QED) is 0.741. The number of hydrogen-bond donors (Lipinski definition) is 2. The summed E-state index contributed by atoms with van der Waals surface area (Å²) in [6.45, 7) is 2.36. The second-order valence-electron chi connectivity index (χ2n) is 6.36. The predicted molar refractivity (Wildman–Crippen MR) is 97.6 cm³/mol. The van der Waals surface area contributed by atoms with E-state index in [1.165, 1.54) is 36.6 Å². The van der Waals surface area contributed by atoms with Crippen LogP contribution in [0.2, 0.25) is 0 Å². The lowest BCUT2D eigenvalue weighted by Gasteiger charge is -2.22. The van der Waals surface area contributed by atoms with Crippen molar-refractivity contribution in [1.82, 2.24) is 20.5 Å². The third-order valence-electron chi connectivity index (χ3n) is 4.21. The minimum absolute atomic E-state index is 0.0548. The van der Waals surface area contributed by atoms with Gasteiger partial charge in [0, 0.05) is 6.04 Å².